The molecular weight excluding hydrogens is 262 g/mol. The van der Waals surface area contributed by atoms with Gasteiger partial charge in [0.2, 0.25) is 11.8 Å². The van der Waals surface area contributed by atoms with Gasteiger partial charge in [0.25, 0.3) is 0 Å². The SMILES string of the molecule is CSCCN1CCN(C(=O)C[C@@H](C)NC(C)=O)CC1. The van der Waals surface area contributed by atoms with Crippen LogP contribution in [0.4, 0.5) is 0 Å². The first kappa shape index (κ1) is 16.3. The van der Waals surface area contributed by atoms with Crippen molar-refractivity contribution in [3.8, 4) is 0 Å². The monoisotopic (exact) mass is 287 g/mol. The quantitative estimate of drug-likeness (QED) is 0.769. The lowest BCUT2D eigenvalue weighted by atomic mass is 10.2. The average Bonchev–Trinajstić information content (AvgIpc) is 2.35. The molecule has 0 aromatic carbocycles. The second-order valence-electron chi connectivity index (χ2n) is 5.02. The molecule has 0 spiro atoms. The van der Waals surface area contributed by atoms with Crippen molar-refractivity contribution in [3.05, 3.63) is 0 Å². The van der Waals surface area contributed by atoms with E-state index in [0.29, 0.717) is 6.42 Å². The fourth-order valence-electron chi connectivity index (χ4n) is 2.23. The van der Waals surface area contributed by atoms with Gasteiger partial charge in [-0.2, -0.15) is 11.8 Å². The Balaban J connectivity index is 2.26. The van der Waals surface area contributed by atoms with Gasteiger partial charge in [0.05, 0.1) is 0 Å². The molecule has 0 radical (unpaired) electrons. The fourth-order valence-corrected chi connectivity index (χ4v) is 2.67. The van der Waals surface area contributed by atoms with E-state index in [2.05, 4.69) is 16.5 Å². The highest BCUT2D eigenvalue weighted by Gasteiger charge is 2.22. The Morgan fingerprint density at radius 2 is 1.89 bits per heavy atom. The molecule has 0 aromatic heterocycles. The average molecular weight is 287 g/mol. The van der Waals surface area contributed by atoms with Crippen LogP contribution in [0.15, 0.2) is 0 Å². The number of rotatable bonds is 6. The van der Waals surface area contributed by atoms with Gasteiger partial charge in [0, 0.05) is 57.9 Å². The standard InChI is InChI=1S/C13H25N3O2S/c1-11(14-12(2)17)10-13(18)16-6-4-15(5-7-16)8-9-19-3/h11H,4-10H2,1-3H3,(H,14,17)/t11-/m1/s1. The van der Waals surface area contributed by atoms with Crippen LogP contribution in [-0.4, -0.2) is 72.4 Å². The highest BCUT2D eigenvalue weighted by atomic mass is 32.2. The van der Waals surface area contributed by atoms with Gasteiger partial charge in [0.1, 0.15) is 0 Å². The van der Waals surface area contributed by atoms with Crippen molar-refractivity contribution in [2.45, 2.75) is 26.3 Å². The lowest BCUT2D eigenvalue weighted by Gasteiger charge is -2.35. The van der Waals surface area contributed by atoms with Gasteiger partial charge < -0.3 is 10.2 Å². The van der Waals surface area contributed by atoms with Gasteiger partial charge in [-0.15, -0.1) is 0 Å². The van der Waals surface area contributed by atoms with E-state index in [0.717, 1.165) is 38.5 Å². The maximum atomic E-state index is 12.1. The normalized spacial score (nSPS) is 18.2. The molecule has 1 rings (SSSR count). The van der Waals surface area contributed by atoms with E-state index < -0.39 is 0 Å². The topological polar surface area (TPSA) is 52.6 Å². The first-order valence-electron chi connectivity index (χ1n) is 6.79. The number of hydrogen-bond acceptors (Lipinski definition) is 4. The van der Waals surface area contributed by atoms with Crippen molar-refractivity contribution < 1.29 is 9.59 Å². The van der Waals surface area contributed by atoms with Gasteiger partial charge in [-0.25, -0.2) is 0 Å². The fraction of sp³-hybridized carbons (Fsp3) is 0.846. The molecule has 2 amide bonds. The predicted molar refractivity (Wildman–Crippen MR) is 79.3 cm³/mol. The molecule has 5 nitrogen and oxygen atoms in total. The number of nitrogens with one attached hydrogen (secondary N) is 1. The van der Waals surface area contributed by atoms with Crippen LogP contribution in [0.1, 0.15) is 20.3 Å². The van der Waals surface area contributed by atoms with Crippen molar-refractivity contribution in [1.29, 1.82) is 0 Å². The minimum absolute atomic E-state index is 0.0813. The van der Waals surface area contributed by atoms with Gasteiger partial charge in [-0.3, -0.25) is 14.5 Å². The summed E-state index contributed by atoms with van der Waals surface area (Å²) in [5, 5.41) is 2.75. The van der Waals surface area contributed by atoms with Crippen LogP contribution in [-0.2, 0) is 9.59 Å². The minimum atomic E-state index is -0.0838. The third-order valence-corrected chi connectivity index (χ3v) is 3.86. The number of carbonyl (C=O) groups excluding carboxylic acids is 2. The third kappa shape index (κ3) is 6.29. The lowest BCUT2D eigenvalue weighted by molar-refractivity contribution is -0.133. The summed E-state index contributed by atoms with van der Waals surface area (Å²) in [5.74, 6) is 1.21. The summed E-state index contributed by atoms with van der Waals surface area (Å²) in [6, 6.07) is -0.0838. The molecule has 1 heterocycles. The minimum Gasteiger partial charge on any atom is -0.353 e. The third-order valence-electron chi connectivity index (χ3n) is 3.27. The number of piperazine rings is 1. The summed E-state index contributed by atoms with van der Waals surface area (Å²) in [7, 11) is 0. The van der Waals surface area contributed by atoms with Crippen molar-refractivity contribution in [2.75, 3.05) is 44.7 Å². The van der Waals surface area contributed by atoms with E-state index >= 15 is 0 Å². The number of thioether (sulfide) groups is 1. The number of amides is 2. The molecule has 1 aliphatic heterocycles. The largest absolute Gasteiger partial charge is 0.353 e. The van der Waals surface area contributed by atoms with Crippen LogP contribution in [0.2, 0.25) is 0 Å². The van der Waals surface area contributed by atoms with Crippen LogP contribution in [0.5, 0.6) is 0 Å². The molecule has 6 heteroatoms. The maximum Gasteiger partial charge on any atom is 0.224 e. The summed E-state index contributed by atoms with van der Waals surface area (Å²) in [4.78, 5) is 27.3. The molecule has 0 saturated carbocycles. The zero-order valence-electron chi connectivity index (χ0n) is 12.1. The van der Waals surface area contributed by atoms with Gasteiger partial charge in [-0.05, 0) is 13.2 Å². The zero-order chi connectivity index (χ0) is 14.3. The van der Waals surface area contributed by atoms with E-state index in [9.17, 15) is 9.59 Å². The maximum absolute atomic E-state index is 12.1. The number of hydrogen-bond donors (Lipinski definition) is 1. The van der Waals surface area contributed by atoms with Crippen LogP contribution < -0.4 is 5.32 Å². The van der Waals surface area contributed by atoms with Crippen LogP contribution in [0.3, 0.4) is 0 Å². The second-order valence-corrected chi connectivity index (χ2v) is 6.01. The van der Waals surface area contributed by atoms with Crippen molar-refractivity contribution in [3.63, 3.8) is 0 Å². The van der Waals surface area contributed by atoms with E-state index in [-0.39, 0.29) is 17.9 Å². The van der Waals surface area contributed by atoms with Crippen LogP contribution in [0.25, 0.3) is 0 Å². The summed E-state index contributed by atoms with van der Waals surface area (Å²) in [6.45, 7) is 7.98. The second kappa shape index (κ2) is 8.43. The molecule has 1 atom stereocenters. The summed E-state index contributed by atoms with van der Waals surface area (Å²) >= 11 is 1.85. The summed E-state index contributed by atoms with van der Waals surface area (Å²) in [6.07, 6.45) is 2.51. The summed E-state index contributed by atoms with van der Waals surface area (Å²) in [5.41, 5.74) is 0. The van der Waals surface area contributed by atoms with Crippen molar-refractivity contribution >= 4 is 23.6 Å². The highest BCUT2D eigenvalue weighted by Crippen LogP contribution is 2.06. The first-order chi connectivity index (χ1) is 9.02. The molecule has 19 heavy (non-hydrogen) atoms. The Labute approximate surface area is 120 Å². The predicted octanol–water partition coefficient (Wildman–Crippen LogP) is 0.408. The number of nitrogens with zero attached hydrogens (tertiary/aromatic N) is 2. The Hall–Kier alpha value is -0.750. The van der Waals surface area contributed by atoms with E-state index in [1.807, 2.05) is 23.6 Å². The first-order valence-corrected chi connectivity index (χ1v) is 8.18. The molecule has 1 fully saturated rings. The Morgan fingerprint density at radius 1 is 1.26 bits per heavy atom. The van der Waals surface area contributed by atoms with E-state index in [1.54, 1.807) is 0 Å². The van der Waals surface area contributed by atoms with Crippen LogP contribution in [0, 0.1) is 0 Å². The zero-order valence-corrected chi connectivity index (χ0v) is 13.0. The Morgan fingerprint density at radius 3 is 2.42 bits per heavy atom. The lowest BCUT2D eigenvalue weighted by Crippen LogP contribution is -2.50. The molecule has 1 N–H and O–H groups in total. The molecule has 1 saturated heterocycles. The van der Waals surface area contributed by atoms with E-state index in [1.165, 1.54) is 6.92 Å². The van der Waals surface area contributed by atoms with Crippen LogP contribution >= 0.6 is 11.8 Å². The molecule has 110 valence electrons. The summed E-state index contributed by atoms with van der Waals surface area (Å²) < 4.78 is 0. The van der Waals surface area contributed by atoms with Gasteiger partial charge in [0.15, 0.2) is 0 Å². The smallest absolute Gasteiger partial charge is 0.224 e. The number of carbonyl (C=O) groups is 2. The molecule has 0 aromatic rings. The molecule has 1 aliphatic rings. The van der Waals surface area contributed by atoms with Crippen molar-refractivity contribution in [2.24, 2.45) is 0 Å². The van der Waals surface area contributed by atoms with Crippen molar-refractivity contribution in [1.82, 2.24) is 15.1 Å². The van der Waals surface area contributed by atoms with Gasteiger partial charge in [-0.1, -0.05) is 0 Å². The molecule has 0 unspecified atom stereocenters. The molecule has 0 aliphatic carbocycles. The highest BCUT2D eigenvalue weighted by molar-refractivity contribution is 7.98. The Kier molecular flexibility index (Phi) is 7.23. The molecule has 0 bridgehead atoms. The Bertz CT molecular complexity index is 304. The van der Waals surface area contributed by atoms with E-state index in [4.69, 9.17) is 0 Å². The molecular formula is C13H25N3O2S. The van der Waals surface area contributed by atoms with Gasteiger partial charge >= 0.3 is 0 Å².